The van der Waals surface area contributed by atoms with Gasteiger partial charge in [0.1, 0.15) is 17.1 Å². The van der Waals surface area contributed by atoms with Gasteiger partial charge in [0.2, 0.25) is 5.89 Å². The zero-order valence-electron chi connectivity index (χ0n) is 10.8. The summed E-state index contributed by atoms with van der Waals surface area (Å²) in [6, 6.07) is 3.39. The molecule has 0 saturated carbocycles. The maximum absolute atomic E-state index is 13.4. The van der Waals surface area contributed by atoms with Crippen LogP contribution in [0.1, 0.15) is 16.2 Å². The van der Waals surface area contributed by atoms with Crippen molar-refractivity contribution in [3.63, 3.8) is 0 Å². The number of hydrogen-bond donors (Lipinski definition) is 2. The third kappa shape index (κ3) is 3.53. The van der Waals surface area contributed by atoms with Crippen molar-refractivity contribution in [2.75, 3.05) is 11.9 Å². The van der Waals surface area contributed by atoms with E-state index < -0.39 is 29.9 Å². The summed E-state index contributed by atoms with van der Waals surface area (Å²) in [5.74, 6) is -3.08. The zero-order valence-corrected chi connectivity index (χ0v) is 10.8. The molecule has 0 atom stereocenters. The highest BCUT2D eigenvalue weighted by Gasteiger charge is 2.18. The standard InChI is InChI=1S/C12H10FN3O5/c1-6-15-16-12(21-6)14-9(17)5-20-8-4-2-3-7(13)10(8)11(18)19/h2-4H,5H2,1H3,(H,18,19)(H,14,16,17). The largest absolute Gasteiger partial charge is 0.483 e. The minimum Gasteiger partial charge on any atom is -0.483 e. The summed E-state index contributed by atoms with van der Waals surface area (Å²) in [5, 5.41) is 18.2. The molecule has 8 nitrogen and oxygen atoms in total. The molecule has 1 amide bonds. The van der Waals surface area contributed by atoms with Gasteiger partial charge in [-0.15, -0.1) is 5.10 Å². The molecule has 1 aromatic heterocycles. The Balaban J connectivity index is 2.01. The fourth-order valence-electron chi connectivity index (χ4n) is 1.48. The molecular weight excluding hydrogens is 285 g/mol. The van der Waals surface area contributed by atoms with E-state index in [1.807, 2.05) is 0 Å². The number of carbonyl (C=O) groups excluding carboxylic acids is 1. The molecule has 2 N–H and O–H groups in total. The molecule has 2 aromatic rings. The molecule has 0 fully saturated rings. The molecule has 0 bridgehead atoms. The Kier molecular flexibility index (Phi) is 4.12. The number of halogens is 1. The predicted octanol–water partition coefficient (Wildman–Crippen LogP) is 1.23. The van der Waals surface area contributed by atoms with Crippen molar-refractivity contribution < 1.29 is 28.2 Å². The van der Waals surface area contributed by atoms with Gasteiger partial charge in [-0.05, 0) is 12.1 Å². The van der Waals surface area contributed by atoms with Crippen LogP contribution in [0.15, 0.2) is 22.6 Å². The van der Waals surface area contributed by atoms with Crippen LogP contribution in [0.4, 0.5) is 10.4 Å². The molecule has 0 saturated heterocycles. The van der Waals surface area contributed by atoms with Crippen molar-refractivity contribution in [3.8, 4) is 5.75 Å². The van der Waals surface area contributed by atoms with E-state index in [0.29, 0.717) is 0 Å². The van der Waals surface area contributed by atoms with Crippen molar-refractivity contribution in [3.05, 3.63) is 35.5 Å². The molecule has 9 heteroatoms. The Morgan fingerprint density at radius 3 is 2.81 bits per heavy atom. The lowest BCUT2D eigenvalue weighted by Crippen LogP contribution is -2.21. The lowest BCUT2D eigenvalue weighted by Gasteiger charge is -2.08. The van der Waals surface area contributed by atoms with Crippen molar-refractivity contribution in [1.29, 1.82) is 0 Å². The van der Waals surface area contributed by atoms with Crippen LogP contribution in [0.5, 0.6) is 5.75 Å². The molecule has 1 aromatic carbocycles. The quantitative estimate of drug-likeness (QED) is 0.852. The first-order valence-electron chi connectivity index (χ1n) is 5.72. The molecule has 0 radical (unpaired) electrons. The summed E-state index contributed by atoms with van der Waals surface area (Å²) in [6.07, 6.45) is 0. The Morgan fingerprint density at radius 2 is 2.19 bits per heavy atom. The Hall–Kier alpha value is -2.97. The van der Waals surface area contributed by atoms with Gasteiger partial charge in [-0.25, -0.2) is 9.18 Å². The average Bonchev–Trinajstić information content (AvgIpc) is 2.81. The van der Waals surface area contributed by atoms with E-state index in [2.05, 4.69) is 15.5 Å². The number of rotatable bonds is 5. The first-order chi connectivity index (χ1) is 9.97. The summed E-state index contributed by atoms with van der Waals surface area (Å²) >= 11 is 0. The van der Waals surface area contributed by atoms with Gasteiger partial charge in [-0.3, -0.25) is 10.1 Å². The van der Waals surface area contributed by atoms with E-state index in [-0.39, 0.29) is 17.7 Å². The van der Waals surface area contributed by atoms with E-state index >= 15 is 0 Å². The molecule has 110 valence electrons. The second-order valence-electron chi connectivity index (χ2n) is 3.88. The number of aromatic carboxylic acids is 1. The number of benzene rings is 1. The van der Waals surface area contributed by atoms with Gasteiger partial charge in [0, 0.05) is 6.92 Å². The SMILES string of the molecule is Cc1nnc(NC(=O)COc2cccc(F)c2C(=O)O)o1. The fraction of sp³-hybridized carbons (Fsp3) is 0.167. The zero-order chi connectivity index (χ0) is 15.4. The van der Waals surface area contributed by atoms with E-state index in [9.17, 15) is 14.0 Å². The smallest absolute Gasteiger partial charge is 0.342 e. The lowest BCUT2D eigenvalue weighted by atomic mass is 10.2. The van der Waals surface area contributed by atoms with Gasteiger partial charge in [-0.1, -0.05) is 11.2 Å². The highest BCUT2D eigenvalue weighted by Crippen LogP contribution is 2.21. The highest BCUT2D eigenvalue weighted by molar-refractivity contribution is 5.92. The van der Waals surface area contributed by atoms with Crippen molar-refractivity contribution in [1.82, 2.24) is 10.2 Å². The molecule has 0 aliphatic carbocycles. The lowest BCUT2D eigenvalue weighted by molar-refractivity contribution is -0.118. The second kappa shape index (κ2) is 5.99. The number of carboxylic acids is 1. The number of aromatic nitrogens is 2. The number of carboxylic acid groups (broad SMARTS) is 1. The fourth-order valence-corrected chi connectivity index (χ4v) is 1.48. The number of hydrogen-bond acceptors (Lipinski definition) is 6. The summed E-state index contributed by atoms with van der Waals surface area (Å²) in [7, 11) is 0. The molecule has 0 aliphatic heterocycles. The maximum atomic E-state index is 13.4. The molecular formula is C12H10FN3O5. The molecule has 1 heterocycles. The Morgan fingerprint density at radius 1 is 1.43 bits per heavy atom. The number of anilines is 1. The number of carbonyl (C=O) groups is 2. The first kappa shape index (κ1) is 14.4. The first-order valence-corrected chi connectivity index (χ1v) is 5.72. The Bertz CT molecular complexity index is 685. The molecule has 0 aliphatic rings. The third-order valence-corrected chi connectivity index (χ3v) is 2.32. The van der Waals surface area contributed by atoms with Crippen molar-refractivity contribution in [2.45, 2.75) is 6.92 Å². The third-order valence-electron chi connectivity index (χ3n) is 2.32. The van der Waals surface area contributed by atoms with Gasteiger partial charge in [0.25, 0.3) is 5.91 Å². The van der Waals surface area contributed by atoms with Crippen LogP contribution < -0.4 is 10.1 Å². The minimum absolute atomic E-state index is 0.112. The van der Waals surface area contributed by atoms with Gasteiger partial charge in [-0.2, -0.15) is 0 Å². The Labute approximate surface area is 117 Å². The number of nitrogens with zero attached hydrogens (tertiary/aromatic N) is 2. The van der Waals surface area contributed by atoms with E-state index in [1.54, 1.807) is 6.92 Å². The molecule has 21 heavy (non-hydrogen) atoms. The minimum atomic E-state index is -1.49. The molecule has 2 rings (SSSR count). The van der Waals surface area contributed by atoms with Gasteiger partial charge in [0.05, 0.1) is 0 Å². The summed E-state index contributed by atoms with van der Waals surface area (Å²) in [4.78, 5) is 22.5. The number of ether oxygens (including phenoxy) is 1. The predicted molar refractivity (Wildman–Crippen MR) is 66.5 cm³/mol. The van der Waals surface area contributed by atoms with Gasteiger partial charge in [0.15, 0.2) is 6.61 Å². The van der Waals surface area contributed by atoms with Crippen molar-refractivity contribution >= 4 is 17.9 Å². The number of nitrogens with one attached hydrogen (secondary N) is 1. The summed E-state index contributed by atoms with van der Waals surface area (Å²) < 4.78 is 23.3. The highest BCUT2D eigenvalue weighted by atomic mass is 19.1. The van der Waals surface area contributed by atoms with E-state index in [0.717, 1.165) is 6.07 Å². The van der Waals surface area contributed by atoms with Crippen LogP contribution in [0.3, 0.4) is 0 Å². The number of amides is 1. The maximum Gasteiger partial charge on any atom is 0.342 e. The van der Waals surface area contributed by atoms with Gasteiger partial charge < -0.3 is 14.3 Å². The topological polar surface area (TPSA) is 115 Å². The second-order valence-corrected chi connectivity index (χ2v) is 3.88. The normalized spacial score (nSPS) is 10.2. The van der Waals surface area contributed by atoms with Crippen LogP contribution in [-0.2, 0) is 4.79 Å². The van der Waals surface area contributed by atoms with Crippen LogP contribution in [0.25, 0.3) is 0 Å². The monoisotopic (exact) mass is 295 g/mol. The van der Waals surface area contributed by atoms with E-state index in [4.69, 9.17) is 14.3 Å². The number of aryl methyl sites for hydroxylation is 1. The van der Waals surface area contributed by atoms with Crippen LogP contribution in [0.2, 0.25) is 0 Å². The summed E-state index contributed by atoms with van der Waals surface area (Å²) in [5.41, 5.74) is -0.640. The van der Waals surface area contributed by atoms with Crippen molar-refractivity contribution in [2.24, 2.45) is 0 Å². The van der Waals surface area contributed by atoms with Crippen LogP contribution >= 0.6 is 0 Å². The summed E-state index contributed by atoms with van der Waals surface area (Å²) in [6.45, 7) is 1.01. The molecule has 0 unspecified atom stereocenters. The van der Waals surface area contributed by atoms with Gasteiger partial charge >= 0.3 is 12.0 Å². The average molecular weight is 295 g/mol. The van der Waals surface area contributed by atoms with Crippen LogP contribution in [0, 0.1) is 12.7 Å². The van der Waals surface area contributed by atoms with E-state index in [1.165, 1.54) is 12.1 Å². The molecule has 0 spiro atoms. The van der Waals surface area contributed by atoms with Crippen LogP contribution in [-0.4, -0.2) is 33.8 Å².